The lowest BCUT2D eigenvalue weighted by Crippen LogP contribution is -2.50. The Balaban J connectivity index is 2.29. The van der Waals surface area contributed by atoms with E-state index in [2.05, 4.69) is 4.72 Å². The van der Waals surface area contributed by atoms with Gasteiger partial charge in [-0.1, -0.05) is 78.9 Å². The van der Waals surface area contributed by atoms with Crippen LogP contribution < -0.4 is 9.46 Å². The third kappa shape index (κ3) is 6.80. The molecule has 0 saturated carbocycles. The minimum absolute atomic E-state index is 0.236. The molecule has 0 spiro atoms. The summed E-state index contributed by atoms with van der Waals surface area (Å²) in [7, 11) is -0.600. The fraction of sp³-hybridized carbons (Fsp3) is 0.296. The van der Waals surface area contributed by atoms with Gasteiger partial charge in [-0.15, -0.1) is 0 Å². The second kappa shape index (κ2) is 11.2. The number of alkyl halides is 3. The summed E-state index contributed by atoms with van der Waals surface area (Å²) in [6.45, 7) is 4.85. The molecule has 3 atom stereocenters. The van der Waals surface area contributed by atoms with Gasteiger partial charge in [0.05, 0.1) is 28.6 Å². The van der Waals surface area contributed by atoms with Crippen LogP contribution in [0.2, 0.25) is 0 Å². The van der Waals surface area contributed by atoms with Crippen molar-refractivity contribution in [2.24, 2.45) is 4.99 Å². The fourth-order valence-electron chi connectivity index (χ4n) is 3.48. The highest BCUT2D eigenvalue weighted by molar-refractivity contribution is 7.84. The first-order chi connectivity index (χ1) is 16.5. The van der Waals surface area contributed by atoms with Crippen LogP contribution in [-0.4, -0.2) is 34.0 Å². The van der Waals surface area contributed by atoms with Gasteiger partial charge in [0.1, 0.15) is 17.8 Å². The lowest BCUT2D eigenvalue weighted by molar-refractivity contribution is -0.155. The molecule has 0 amide bonds. The normalized spacial score (nSPS) is 14.6. The van der Waals surface area contributed by atoms with Gasteiger partial charge in [-0.2, -0.15) is 13.2 Å². The number of hydrogen-bond acceptors (Lipinski definition) is 3. The number of aliphatic imine (C=N–C) groups is 1. The lowest BCUT2D eigenvalue weighted by atomic mass is 9.96. The minimum Gasteiger partial charge on any atom is -0.496 e. The largest absolute Gasteiger partial charge is 0.496 e. The van der Waals surface area contributed by atoms with Gasteiger partial charge in [-0.25, -0.2) is 8.93 Å². The van der Waals surface area contributed by atoms with Crippen molar-refractivity contribution in [3.8, 4) is 5.75 Å². The highest BCUT2D eigenvalue weighted by Crippen LogP contribution is 2.38. The zero-order valence-corrected chi connectivity index (χ0v) is 20.9. The Morgan fingerprint density at radius 1 is 0.857 bits per heavy atom. The standard InChI is InChI=1S/C27H29F3N2O2S/c1-26(2,3)35(33)32-25(27(28,29)30)24(21-17-11-12-18-22(21)34-4)31-23(19-13-7-5-8-14-19)20-15-9-6-10-16-20/h5-18,24-25,32H,1-4H3/t24-,25+,35?/m1/s1. The highest BCUT2D eigenvalue weighted by atomic mass is 32.2. The first-order valence-corrected chi connectivity index (χ1v) is 12.2. The molecular weight excluding hydrogens is 473 g/mol. The van der Waals surface area contributed by atoms with Gasteiger partial charge in [-0.05, 0) is 26.8 Å². The van der Waals surface area contributed by atoms with Gasteiger partial charge >= 0.3 is 6.18 Å². The molecule has 1 unspecified atom stereocenters. The average molecular weight is 503 g/mol. The summed E-state index contributed by atoms with van der Waals surface area (Å²) in [6, 6.07) is 20.8. The van der Waals surface area contributed by atoms with Crippen molar-refractivity contribution in [3.63, 3.8) is 0 Å². The molecule has 0 aliphatic rings. The molecule has 0 radical (unpaired) electrons. The van der Waals surface area contributed by atoms with E-state index in [1.54, 1.807) is 93.6 Å². The number of nitrogens with one attached hydrogen (secondary N) is 1. The summed E-state index contributed by atoms with van der Waals surface area (Å²) in [4.78, 5) is 4.72. The summed E-state index contributed by atoms with van der Waals surface area (Å²) in [5.74, 6) is 0.263. The average Bonchev–Trinajstić information content (AvgIpc) is 2.83. The lowest BCUT2D eigenvalue weighted by Gasteiger charge is -2.31. The predicted octanol–water partition coefficient (Wildman–Crippen LogP) is 6.26. The van der Waals surface area contributed by atoms with Gasteiger partial charge in [0.25, 0.3) is 0 Å². The molecule has 0 aliphatic heterocycles. The van der Waals surface area contributed by atoms with Crippen LogP contribution in [0.25, 0.3) is 0 Å². The van der Waals surface area contributed by atoms with Gasteiger partial charge in [0.15, 0.2) is 0 Å². The molecule has 186 valence electrons. The molecule has 3 rings (SSSR count). The van der Waals surface area contributed by atoms with Crippen LogP contribution in [0.4, 0.5) is 13.2 Å². The van der Waals surface area contributed by atoms with E-state index >= 15 is 0 Å². The topological polar surface area (TPSA) is 50.7 Å². The Labute approximate surface area is 206 Å². The van der Waals surface area contributed by atoms with Crippen LogP contribution >= 0.6 is 0 Å². The first-order valence-electron chi connectivity index (χ1n) is 11.1. The van der Waals surface area contributed by atoms with E-state index in [9.17, 15) is 17.4 Å². The van der Waals surface area contributed by atoms with E-state index in [0.717, 1.165) is 0 Å². The molecule has 3 aromatic rings. The highest BCUT2D eigenvalue weighted by Gasteiger charge is 2.48. The first kappa shape index (κ1) is 26.6. The maximum atomic E-state index is 14.6. The maximum absolute atomic E-state index is 14.6. The molecule has 0 bridgehead atoms. The van der Waals surface area contributed by atoms with Crippen molar-refractivity contribution in [2.75, 3.05) is 7.11 Å². The number of methoxy groups -OCH3 is 1. The van der Waals surface area contributed by atoms with Gasteiger partial charge in [-0.3, -0.25) is 4.99 Å². The van der Waals surface area contributed by atoms with Crippen molar-refractivity contribution in [3.05, 3.63) is 102 Å². The van der Waals surface area contributed by atoms with Crippen LogP contribution in [0.5, 0.6) is 5.75 Å². The number of para-hydroxylation sites is 1. The van der Waals surface area contributed by atoms with E-state index in [4.69, 9.17) is 9.73 Å². The quantitative estimate of drug-likeness (QED) is 0.370. The SMILES string of the molecule is COc1ccccc1[C@@H](N=C(c1ccccc1)c1ccccc1)[C@H](NS(=O)C(C)(C)C)C(F)(F)F. The number of rotatable bonds is 8. The molecule has 0 saturated heterocycles. The second-order valence-corrected chi connectivity index (χ2v) is 10.9. The summed E-state index contributed by atoms with van der Waals surface area (Å²) in [6.07, 6.45) is -4.76. The number of nitrogens with zero attached hydrogens (tertiary/aromatic N) is 1. The molecule has 35 heavy (non-hydrogen) atoms. The Hall–Kier alpha value is -2.97. The molecular formula is C27H29F3N2O2S. The van der Waals surface area contributed by atoms with Crippen LogP contribution in [0.3, 0.4) is 0 Å². The van der Waals surface area contributed by atoms with Crippen LogP contribution in [0.1, 0.15) is 43.5 Å². The molecule has 0 heterocycles. The third-order valence-electron chi connectivity index (χ3n) is 5.28. The molecule has 0 aliphatic carbocycles. The van der Waals surface area contributed by atoms with Crippen molar-refractivity contribution in [2.45, 2.75) is 43.8 Å². The van der Waals surface area contributed by atoms with Crippen molar-refractivity contribution in [1.82, 2.24) is 4.72 Å². The Morgan fingerprint density at radius 3 is 1.80 bits per heavy atom. The molecule has 0 aromatic heterocycles. The van der Waals surface area contributed by atoms with Crippen molar-refractivity contribution >= 4 is 16.7 Å². The minimum atomic E-state index is -4.76. The van der Waals surface area contributed by atoms with Crippen molar-refractivity contribution < 1.29 is 22.1 Å². The summed E-state index contributed by atoms with van der Waals surface area (Å²) < 4.78 is 63.5. The monoisotopic (exact) mass is 502 g/mol. The van der Waals surface area contributed by atoms with Crippen LogP contribution in [0.15, 0.2) is 89.9 Å². The third-order valence-corrected chi connectivity index (χ3v) is 6.86. The zero-order valence-electron chi connectivity index (χ0n) is 20.0. The van der Waals surface area contributed by atoms with Crippen LogP contribution in [-0.2, 0) is 11.0 Å². The van der Waals surface area contributed by atoms with E-state index in [0.29, 0.717) is 16.8 Å². The molecule has 8 heteroatoms. The molecule has 0 fully saturated rings. The molecule has 3 aromatic carbocycles. The van der Waals surface area contributed by atoms with Gasteiger partial charge in [0.2, 0.25) is 0 Å². The molecule has 1 N–H and O–H groups in total. The zero-order chi connectivity index (χ0) is 25.6. The number of ether oxygens (including phenoxy) is 1. The summed E-state index contributed by atoms with van der Waals surface area (Å²) in [5, 5.41) is 0. The van der Waals surface area contributed by atoms with E-state index < -0.39 is 34.0 Å². The van der Waals surface area contributed by atoms with E-state index in [-0.39, 0.29) is 11.3 Å². The van der Waals surface area contributed by atoms with Gasteiger partial charge < -0.3 is 4.74 Å². The van der Waals surface area contributed by atoms with Crippen molar-refractivity contribution in [1.29, 1.82) is 0 Å². The van der Waals surface area contributed by atoms with E-state index in [1.165, 1.54) is 7.11 Å². The maximum Gasteiger partial charge on any atom is 0.407 e. The van der Waals surface area contributed by atoms with E-state index in [1.807, 2.05) is 12.1 Å². The summed E-state index contributed by atoms with van der Waals surface area (Å²) in [5.41, 5.74) is 1.95. The summed E-state index contributed by atoms with van der Waals surface area (Å²) >= 11 is 0. The second-order valence-electron chi connectivity index (χ2n) is 8.91. The Kier molecular flexibility index (Phi) is 8.51. The molecule has 4 nitrogen and oxygen atoms in total. The fourth-order valence-corrected chi connectivity index (χ4v) is 4.33. The van der Waals surface area contributed by atoms with Gasteiger partial charge in [0, 0.05) is 16.7 Å². The number of halogens is 3. The van der Waals surface area contributed by atoms with Crippen LogP contribution in [0, 0.1) is 0 Å². The number of hydrogen-bond donors (Lipinski definition) is 1. The smallest absolute Gasteiger partial charge is 0.407 e. The Morgan fingerprint density at radius 2 is 1.34 bits per heavy atom. The Bertz CT molecular complexity index is 1120. The number of benzene rings is 3. The predicted molar refractivity (Wildman–Crippen MR) is 135 cm³/mol.